The summed E-state index contributed by atoms with van der Waals surface area (Å²) in [4.78, 5) is 4.09. The number of hydrogen-bond acceptors (Lipinski definition) is 2. The van der Waals surface area contributed by atoms with Gasteiger partial charge in [0.05, 0.1) is 5.52 Å². The molecule has 0 radical (unpaired) electrons. The van der Waals surface area contributed by atoms with Crippen molar-refractivity contribution >= 4 is 34.1 Å². The van der Waals surface area contributed by atoms with Crippen LogP contribution >= 0.6 is 23.2 Å². The first-order valence-electron chi connectivity index (χ1n) is 7.74. The number of pyridine rings is 1. The number of rotatable bonds is 3. The quantitative estimate of drug-likeness (QED) is 0.577. The van der Waals surface area contributed by atoms with E-state index in [1.807, 2.05) is 0 Å². The lowest BCUT2D eigenvalue weighted by Crippen LogP contribution is -2.46. The molecule has 26 heavy (non-hydrogen) atoms. The van der Waals surface area contributed by atoms with Crippen molar-refractivity contribution in [3.8, 4) is 0 Å². The fraction of sp³-hybridized carbons (Fsp3) is 0.211. The van der Waals surface area contributed by atoms with Gasteiger partial charge >= 0.3 is 6.18 Å². The Balaban J connectivity index is 2.19. The first-order valence-corrected chi connectivity index (χ1v) is 8.49. The molecule has 3 rings (SSSR count). The molecule has 2 nitrogen and oxygen atoms in total. The standard InChI is InChI=1S/C19H14Cl2F3NO/c1-11(15-6-5-14(20)10-16(15)21)18(26,19(22,23)24)13-4-7-17-12(9-13)3-2-8-25-17/h2-11,26H,1H3/t11-,18-/m1/s1. The van der Waals surface area contributed by atoms with Gasteiger partial charge in [-0.15, -0.1) is 0 Å². The maximum absolute atomic E-state index is 14.0. The topological polar surface area (TPSA) is 33.1 Å². The van der Waals surface area contributed by atoms with E-state index in [4.69, 9.17) is 23.2 Å². The largest absolute Gasteiger partial charge is 0.422 e. The molecule has 0 bridgehead atoms. The summed E-state index contributed by atoms with van der Waals surface area (Å²) in [7, 11) is 0. The van der Waals surface area contributed by atoms with Crippen molar-refractivity contribution in [2.75, 3.05) is 0 Å². The predicted octanol–water partition coefficient (Wildman–Crippen LogP) is 6.10. The third-order valence-electron chi connectivity index (χ3n) is 4.53. The fourth-order valence-electron chi connectivity index (χ4n) is 3.05. The summed E-state index contributed by atoms with van der Waals surface area (Å²) in [6, 6.07) is 11.5. The van der Waals surface area contributed by atoms with Crippen LogP contribution in [-0.4, -0.2) is 16.3 Å². The van der Waals surface area contributed by atoms with Gasteiger partial charge in [-0.05, 0) is 41.5 Å². The lowest BCUT2D eigenvalue weighted by atomic mass is 9.77. The van der Waals surface area contributed by atoms with E-state index in [1.165, 1.54) is 43.3 Å². The number of nitrogens with zero attached hydrogens (tertiary/aromatic N) is 1. The minimum Gasteiger partial charge on any atom is -0.376 e. The second-order valence-electron chi connectivity index (χ2n) is 6.06. The molecular formula is C19H14Cl2F3NO. The second-order valence-corrected chi connectivity index (χ2v) is 6.91. The molecule has 0 amide bonds. The monoisotopic (exact) mass is 399 g/mol. The smallest absolute Gasteiger partial charge is 0.376 e. The van der Waals surface area contributed by atoms with Crippen LogP contribution in [0.3, 0.4) is 0 Å². The molecule has 0 aliphatic carbocycles. The van der Waals surface area contributed by atoms with Crippen LogP contribution in [0.15, 0.2) is 54.7 Å². The van der Waals surface area contributed by atoms with Crippen molar-refractivity contribution in [3.63, 3.8) is 0 Å². The highest BCUT2D eigenvalue weighted by Gasteiger charge is 2.58. The van der Waals surface area contributed by atoms with E-state index in [0.717, 1.165) is 0 Å². The molecule has 0 saturated heterocycles. The minimum atomic E-state index is -4.93. The van der Waals surface area contributed by atoms with Crippen molar-refractivity contribution in [2.24, 2.45) is 0 Å². The van der Waals surface area contributed by atoms with Crippen LogP contribution < -0.4 is 0 Å². The Bertz CT molecular complexity index is 961. The van der Waals surface area contributed by atoms with Gasteiger partial charge in [0.1, 0.15) is 0 Å². The number of aromatic nitrogens is 1. The molecule has 2 aromatic carbocycles. The first-order chi connectivity index (χ1) is 12.1. The fourth-order valence-corrected chi connectivity index (χ4v) is 3.62. The second kappa shape index (κ2) is 6.72. The summed E-state index contributed by atoms with van der Waals surface area (Å²) in [5, 5.41) is 11.7. The summed E-state index contributed by atoms with van der Waals surface area (Å²) >= 11 is 11.9. The van der Waals surface area contributed by atoms with Gasteiger partial charge in [-0.3, -0.25) is 4.98 Å². The van der Waals surface area contributed by atoms with Crippen molar-refractivity contribution in [2.45, 2.75) is 24.6 Å². The number of fused-ring (bicyclic) bond motifs is 1. The van der Waals surface area contributed by atoms with Gasteiger partial charge in [0, 0.05) is 27.5 Å². The van der Waals surface area contributed by atoms with Crippen molar-refractivity contribution in [1.29, 1.82) is 0 Å². The molecule has 1 aromatic heterocycles. The van der Waals surface area contributed by atoms with Crippen molar-refractivity contribution < 1.29 is 18.3 Å². The molecule has 0 fully saturated rings. The third kappa shape index (κ3) is 3.15. The van der Waals surface area contributed by atoms with Gasteiger partial charge in [-0.25, -0.2) is 0 Å². The van der Waals surface area contributed by atoms with Crippen LogP contribution in [-0.2, 0) is 5.60 Å². The highest BCUT2D eigenvalue weighted by atomic mass is 35.5. The van der Waals surface area contributed by atoms with Gasteiger partial charge < -0.3 is 5.11 Å². The number of aliphatic hydroxyl groups is 1. The number of benzene rings is 2. The van der Waals surface area contributed by atoms with Crippen molar-refractivity contribution in [3.05, 3.63) is 75.9 Å². The first kappa shape index (κ1) is 19.0. The van der Waals surface area contributed by atoms with Crippen LogP contribution in [0, 0.1) is 0 Å². The summed E-state index contributed by atoms with van der Waals surface area (Å²) < 4.78 is 42.0. The molecule has 0 aliphatic rings. The van der Waals surface area contributed by atoms with E-state index >= 15 is 0 Å². The SMILES string of the molecule is C[C@H](c1ccc(Cl)cc1Cl)[C@@](O)(c1ccc2ncccc2c1)C(F)(F)F. The van der Waals surface area contributed by atoms with Crippen LogP contribution in [0.2, 0.25) is 10.0 Å². The zero-order valence-corrected chi connectivity index (χ0v) is 15.1. The molecule has 1 N–H and O–H groups in total. The van der Waals surface area contributed by atoms with Crippen molar-refractivity contribution in [1.82, 2.24) is 4.98 Å². The number of hydrogen-bond donors (Lipinski definition) is 1. The Morgan fingerprint density at radius 3 is 2.42 bits per heavy atom. The van der Waals surface area contributed by atoms with E-state index in [-0.39, 0.29) is 16.1 Å². The van der Waals surface area contributed by atoms with Gasteiger partial charge in [0.25, 0.3) is 0 Å². The third-order valence-corrected chi connectivity index (χ3v) is 5.09. The van der Waals surface area contributed by atoms with Gasteiger partial charge in [0.2, 0.25) is 0 Å². The van der Waals surface area contributed by atoms with E-state index in [2.05, 4.69) is 4.98 Å². The number of alkyl halides is 3. The molecule has 136 valence electrons. The van der Waals surface area contributed by atoms with E-state index in [9.17, 15) is 18.3 Å². The molecule has 0 saturated carbocycles. The normalized spacial score (nSPS) is 15.7. The molecule has 1 heterocycles. The lowest BCUT2D eigenvalue weighted by molar-refractivity contribution is -0.274. The summed E-state index contributed by atoms with van der Waals surface area (Å²) in [5.74, 6) is -1.36. The van der Waals surface area contributed by atoms with E-state index in [1.54, 1.807) is 18.3 Å². The van der Waals surface area contributed by atoms with Crippen LogP contribution in [0.25, 0.3) is 10.9 Å². The lowest BCUT2D eigenvalue weighted by Gasteiger charge is -2.37. The minimum absolute atomic E-state index is 0.0649. The number of halogens is 5. The Kier molecular flexibility index (Phi) is 4.90. The Morgan fingerprint density at radius 1 is 1.04 bits per heavy atom. The van der Waals surface area contributed by atoms with Gasteiger partial charge in [0.15, 0.2) is 5.60 Å². The van der Waals surface area contributed by atoms with Crippen LogP contribution in [0.1, 0.15) is 24.0 Å². The molecule has 7 heteroatoms. The molecule has 0 unspecified atom stereocenters. The van der Waals surface area contributed by atoms with Crippen LogP contribution in [0.5, 0.6) is 0 Å². The zero-order valence-electron chi connectivity index (χ0n) is 13.6. The van der Waals surface area contributed by atoms with Gasteiger partial charge in [-0.1, -0.05) is 48.3 Å². The summed E-state index contributed by atoms with van der Waals surface area (Å²) in [6.45, 7) is 1.29. The van der Waals surface area contributed by atoms with E-state index < -0.39 is 17.7 Å². The molecule has 2 atom stereocenters. The Morgan fingerprint density at radius 2 is 1.77 bits per heavy atom. The molecular weight excluding hydrogens is 386 g/mol. The highest BCUT2D eigenvalue weighted by Crippen LogP contribution is 2.50. The Hall–Kier alpha value is -1.82. The molecule has 3 aromatic rings. The average molecular weight is 400 g/mol. The van der Waals surface area contributed by atoms with Gasteiger partial charge in [-0.2, -0.15) is 13.2 Å². The van der Waals surface area contributed by atoms with E-state index in [0.29, 0.717) is 15.9 Å². The highest BCUT2D eigenvalue weighted by molar-refractivity contribution is 6.35. The summed E-state index contributed by atoms with van der Waals surface area (Å²) in [5.41, 5.74) is -2.71. The summed E-state index contributed by atoms with van der Waals surface area (Å²) in [6.07, 6.45) is -3.38. The predicted molar refractivity (Wildman–Crippen MR) is 96.6 cm³/mol. The maximum Gasteiger partial charge on any atom is 0.422 e. The maximum atomic E-state index is 14.0. The molecule has 0 aliphatic heterocycles. The Labute approximate surface area is 158 Å². The zero-order chi connectivity index (χ0) is 19.1. The average Bonchev–Trinajstić information content (AvgIpc) is 2.59. The van der Waals surface area contributed by atoms with Crippen LogP contribution in [0.4, 0.5) is 13.2 Å². The molecule has 0 spiro atoms.